The summed E-state index contributed by atoms with van der Waals surface area (Å²) in [4.78, 5) is 30.4. The number of halogens is 1. The standard InChI is InChI=1S/C8H9ClN4O3S/c1-16-10-3-7(15)11-5-4-17-8(12-5)13-6(14)2-9/h3-4H,2H2,1H3,(H,11,15)(H,12,13,14). The minimum absolute atomic E-state index is 0.151. The lowest BCUT2D eigenvalue weighted by Crippen LogP contribution is -2.14. The number of aromatic nitrogens is 1. The Morgan fingerprint density at radius 3 is 3.06 bits per heavy atom. The van der Waals surface area contributed by atoms with E-state index in [0.29, 0.717) is 10.9 Å². The molecule has 0 fully saturated rings. The van der Waals surface area contributed by atoms with E-state index in [0.717, 1.165) is 6.21 Å². The van der Waals surface area contributed by atoms with Crippen LogP contribution >= 0.6 is 22.9 Å². The van der Waals surface area contributed by atoms with Gasteiger partial charge in [-0.05, 0) is 0 Å². The first-order valence-corrected chi connectivity index (χ1v) is 5.76. The van der Waals surface area contributed by atoms with Gasteiger partial charge in [-0.2, -0.15) is 0 Å². The fraction of sp³-hybridized carbons (Fsp3) is 0.250. The first-order valence-electron chi connectivity index (χ1n) is 4.34. The molecule has 0 aliphatic heterocycles. The second-order valence-corrected chi connectivity index (χ2v) is 3.75. The van der Waals surface area contributed by atoms with Gasteiger partial charge in [0.15, 0.2) is 5.13 Å². The zero-order valence-electron chi connectivity index (χ0n) is 8.77. The fourth-order valence-corrected chi connectivity index (χ4v) is 1.53. The number of anilines is 2. The van der Waals surface area contributed by atoms with Gasteiger partial charge in [-0.1, -0.05) is 5.16 Å². The van der Waals surface area contributed by atoms with Gasteiger partial charge in [-0.25, -0.2) is 4.98 Å². The summed E-state index contributed by atoms with van der Waals surface area (Å²) < 4.78 is 0. The summed E-state index contributed by atoms with van der Waals surface area (Å²) in [6.45, 7) is 0. The van der Waals surface area contributed by atoms with E-state index in [1.165, 1.54) is 18.4 Å². The molecule has 0 saturated heterocycles. The number of carbonyl (C=O) groups is 2. The number of amides is 2. The van der Waals surface area contributed by atoms with Crippen LogP contribution < -0.4 is 10.6 Å². The van der Waals surface area contributed by atoms with Crippen molar-refractivity contribution in [1.82, 2.24) is 4.98 Å². The summed E-state index contributed by atoms with van der Waals surface area (Å²) in [7, 11) is 1.33. The molecule has 0 aromatic carbocycles. The highest BCUT2D eigenvalue weighted by molar-refractivity contribution is 7.14. The molecule has 0 unspecified atom stereocenters. The maximum atomic E-state index is 11.2. The normalized spacial score (nSPS) is 10.2. The molecule has 0 radical (unpaired) electrons. The van der Waals surface area contributed by atoms with Crippen molar-refractivity contribution in [2.75, 3.05) is 23.6 Å². The molecule has 1 heterocycles. The lowest BCUT2D eigenvalue weighted by Gasteiger charge is -1.96. The highest BCUT2D eigenvalue weighted by atomic mass is 35.5. The van der Waals surface area contributed by atoms with Gasteiger partial charge in [-0.15, -0.1) is 22.9 Å². The fourth-order valence-electron chi connectivity index (χ4n) is 0.800. The van der Waals surface area contributed by atoms with Gasteiger partial charge >= 0.3 is 0 Å². The highest BCUT2D eigenvalue weighted by Gasteiger charge is 2.07. The lowest BCUT2D eigenvalue weighted by atomic mass is 10.6. The molecule has 0 atom stereocenters. The molecular weight excluding hydrogens is 268 g/mol. The molecule has 0 bridgehead atoms. The van der Waals surface area contributed by atoms with Crippen molar-refractivity contribution in [2.24, 2.45) is 5.16 Å². The van der Waals surface area contributed by atoms with E-state index in [-0.39, 0.29) is 11.8 Å². The molecule has 1 aromatic rings. The topological polar surface area (TPSA) is 92.7 Å². The highest BCUT2D eigenvalue weighted by Crippen LogP contribution is 2.18. The van der Waals surface area contributed by atoms with Crippen molar-refractivity contribution in [3.8, 4) is 0 Å². The largest absolute Gasteiger partial charge is 0.399 e. The maximum Gasteiger partial charge on any atom is 0.271 e. The quantitative estimate of drug-likeness (QED) is 0.474. The Labute approximate surface area is 106 Å². The van der Waals surface area contributed by atoms with Crippen LogP contribution in [0.25, 0.3) is 0 Å². The number of thiazole rings is 1. The third-order valence-corrected chi connectivity index (χ3v) is 2.40. The summed E-state index contributed by atoms with van der Waals surface area (Å²) in [6.07, 6.45) is 0.969. The third-order valence-electron chi connectivity index (χ3n) is 1.40. The van der Waals surface area contributed by atoms with Gasteiger partial charge in [0.2, 0.25) is 5.91 Å². The predicted octanol–water partition coefficient (Wildman–Crippen LogP) is 0.891. The summed E-state index contributed by atoms with van der Waals surface area (Å²) >= 11 is 6.48. The summed E-state index contributed by atoms with van der Waals surface area (Å²) in [6, 6.07) is 0. The lowest BCUT2D eigenvalue weighted by molar-refractivity contribution is -0.114. The van der Waals surface area contributed by atoms with Gasteiger partial charge in [0, 0.05) is 5.38 Å². The van der Waals surface area contributed by atoms with Gasteiger partial charge in [0.05, 0.1) is 0 Å². The molecule has 0 aliphatic rings. The second kappa shape index (κ2) is 6.81. The number of oxime groups is 1. The van der Waals surface area contributed by atoms with Crippen molar-refractivity contribution < 1.29 is 14.4 Å². The van der Waals surface area contributed by atoms with E-state index in [4.69, 9.17) is 11.6 Å². The Morgan fingerprint density at radius 2 is 2.41 bits per heavy atom. The molecule has 0 spiro atoms. The van der Waals surface area contributed by atoms with E-state index >= 15 is 0 Å². The smallest absolute Gasteiger partial charge is 0.271 e. The van der Waals surface area contributed by atoms with Crippen LogP contribution in [0.15, 0.2) is 10.5 Å². The third kappa shape index (κ3) is 4.79. The molecule has 7 nitrogen and oxygen atoms in total. The first kappa shape index (κ1) is 13.4. The number of nitrogens with one attached hydrogen (secondary N) is 2. The first-order chi connectivity index (χ1) is 8.15. The van der Waals surface area contributed by atoms with Crippen molar-refractivity contribution in [3.05, 3.63) is 5.38 Å². The average Bonchev–Trinajstić information content (AvgIpc) is 2.73. The van der Waals surface area contributed by atoms with Crippen LogP contribution in [0.1, 0.15) is 0 Å². The number of rotatable bonds is 5. The van der Waals surface area contributed by atoms with E-state index in [2.05, 4.69) is 25.6 Å². The molecule has 1 aromatic heterocycles. The van der Waals surface area contributed by atoms with Crippen molar-refractivity contribution >= 4 is 51.9 Å². The number of hydrogen-bond acceptors (Lipinski definition) is 6. The molecule has 0 aliphatic carbocycles. The molecule has 2 N–H and O–H groups in total. The zero-order valence-corrected chi connectivity index (χ0v) is 10.3. The Balaban J connectivity index is 2.53. The summed E-state index contributed by atoms with van der Waals surface area (Å²) in [5.41, 5.74) is 0. The van der Waals surface area contributed by atoms with Crippen LogP contribution in [-0.2, 0) is 14.4 Å². The van der Waals surface area contributed by atoms with Gasteiger partial charge in [0.1, 0.15) is 25.0 Å². The molecule has 0 saturated carbocycles. The van der Waals surface area contributed by atoms with Crippen molar-refractivity contribution in [2.45, 2.75) is 0 Å². The Bertz CT molecular complexity index is 434. The molecular formula is C8H9ClN4O3S. The Morgan fingerprint density at radius 1 is 1.65 bits per heavy atom. The van der Waals surface area contributed by atoms with E-state index in [1.54, 1.807) is 5.38 Å². The maximum absolute atomic E-state index is 11.2. The number of alkyl halides is 1. The molecule has 9 heteroatoms. The number of nitrogens with zero attached hydrogens (tertiary/aromatic N) is 2. The van der Waals surface area contributed by atoms with E-state index < -0.39 is 5.91 Å². The second-order valence-electron chi connectivity index (χ2n) is 2.63. The monoisotopic (exact) mass is 276 g/mol. The van der Waals surface area contributed by atoms with Crippen LogP contribution in [0.5, 0.6) is 0 Å². The summed E-state index contributed by atoms with van der Waals surface area (Å²) in [5, 5.41) is 10.1. The van der Waals surface area contributed by atoms with Crippen molar-refractivity contribution in [3.63, 3.8) is 0 Å². The Hall–Kier alpha value is -1.67. The van der Waals surface area contributed by atoms with E-state index in [9.17, 15) is 9.59 Å². The van der Waals surface area contributed by atoms with Crippen LogP contribution in [0.3, 0.4) is 0 Å². The summed E-state index contributed by atoms with van der Waals surface area (Å²) in [5.74, 6) is -0.679. The molecule has 2 amide bonds. The number of carbonyl (C=O) groups excluding carboxylic acids is 2. The van der Waals surface area contributed by atoms with Crippen molar-refractivity contribution in [1.29, 1.82) is 0 Å². The van der Waals surface area contributed by atoms with Crippen LogP contribution in [0, 0.1) is 0 Å². The minimum atomic E-state index is -0.479. The SMILES string of the molecule is CON=CC(=O)Nc1csc(NC(=O)CCl)n1. The van der Waals surface area contributed by atoms with Crippen LogP contribution in [-0.4, -0.2) is 36.0 Å². The zero-order chi connectivity index (χ0) is 12.7. The molecule has 17 heavy (non-hydrogen) atoms. The predicted molar refractivity (Wildman–Crippen MR) is 65.6 cm³/mol. The molecule has 1 rings (SSSR count). The van der Waals surface area contributed by atoms with Crippen LogP contribution in [0.4, 0.5) is 10.9 Å². The minimum Gasteiger partial charge on any atom is -0.399 e. The Kier molecular flexibility index (Phi) is 5.37. The van der Waals surface area contributed by atoms with E-state index in [1.807, 2.05) is 0 Å². The average molecular weight is 277 g/mol. The van der Waals surface area contributed by atoms with Gasteiger partial charge in [0.25, 0.3) is 5.91 Å². The number of hydrogen-bond donors (Lipinski definition) is 2. The van der Waals surface area contributed by atoms with Gasteiger partial charge in [-0.3, -0.25) is 9.59 Å². The van der Waals surface area contributed by atoms with Crippen LogP contribution in [0.2, 0.25) is 0 Å². The van der Waals surface area contributed by atoms with Gasteiger partial charge < -0.3 is 15.5 Å². The molecule has 92 valence electrons.